The Morgan fingerprint density at radius 3 is 2.71 bits per heavy atom. The molecule has 0 radical (unpaired) electrons. The Kier molecular flexibility index (Phi) is 3.55. The van der Waals surface area contributed by atoms with Crippen molar-refractivity contribution < 1.29 is 9.84 Å². The van der Waals surface area contributed by atoms with Gasteiger partial charge in [-0.2, -0.15) is 0 Å². The van der Waals surface area contributed by atoms with E-state index in [0.717, 1.165) is 24.8 Å². The monoisotopic (exact) mass is 234 g/mol. The number of aliphatic hydroxyl groups is 1. The van der Waals surface area contributed by atoms with Gasteiger partial charge in [-0.3, -0.25) is 0 Å². The first-order valence-corrected chi connectivity index (χ1v) is 6.38. The van der Waals surface area contributed by atoms with Crippen LogP contribution < -0.4 is 0 Å². The number of aryl methyl sites for hydroxylation is 2. The average molecular weight is 234 g/mol. The third-order valence-electron chi connectivity index (χ3n) is 4.06. The van der Waals surface area contributed by atoms with E-state index in [1.165, 1.54) is 11.1 Å². The third kappa shape index (κ3) is 2.53. The number of ether oxygens (including phenoxy) is 1. The van der Waals surface area contributed by atoms with Crippen molar-refractivity contribution in [1.29, 1.82) is 0 Å². The largest absolute Gasteiger partial charge is 0.385 e. The topological polar surface area (TPSA) is 29.5 Å². The van der Waals surface area contributed by atoms with Crippen molar-refractivity contribution >= 4 is 0 Å². The van der Waals surface area contributed by atoms with Gasteiger partial charge in [0.1, 0.15) is 0 Å². The lowest BCUT2D eigenvalue weighted by Crippen LogP contribution is -2.35. The summed E-state index contributed by atoms with van der Waals surface area (Å²) >= 11 is 0. The zero-order valence-electron chi connectivity index (χ0n) is 11.0. The maximum absolute atomic E-state index is 10.8. The number of hydrogen-bond donors (Lipinski definition) is 1. The van der Waals surface area contributed by atoms with Crippen molar-refractivity contribution in [3.63, 3.8) is 0 Å². The van der Waals surface area contributed by atoms with E-state index in [1.807, 2.05) is 0 Å². The van der Waals surface area contributed by atoms with Crippen molar-refractivity contribution in [1.82, 2.24) is 0 Å². The molecule has 1 N–H and O–H groups in total. The molecule has 0 aromatic heterocycles. The summed E-state index contributed by atoms with van der Waals surface area (Å²) in [5.74, 6) is 0. The molecular formula is C15H22O2. The van der Waals surface area contributed by atoms with Gasteiger partial charge < -0.3 is 9.84 Å². The molecule has 0 aliphatic heterocycles. The van der Waals surface area contributed by atoms with Gasteiger partial charge in [-0.1, -0.05) is 18.2 Å². The summed E-state index contributed by atoms with van der Waals surface area (Å²) in [5.41, 5.74) is 2.87. The van der Waals surface area contributed by atoms with Crippen molar-refractivity contribution in [2.45, 2.75) is 51.2 Å². The summed E-state index contributed by atoms with van der Waals surface area (Å²) in [5, 5.41) is 10.8. The van der Waals surface area contributed by atoms with Crippen molar-refractivity contribution in [2.75, 3.05) is 7.11 Å². The molecule has 0 amide bonds. The minimum atomic E-state index is -0.697. The Labute approximate surface area is 104 Å². The van der Waals surface area contributed by atoms with Crippen LogP contribution >= 0.6 is 0 Å². The molecule has 0 spiro atoms. The Morgan fingerprint density at radius 2 is 2.06 bits per heavy atom. The average Bonchev–Trinajstić information content (AvgIpc) is 2.32. The molecule has 17 heavy (non-hydrogen) atoms. The van der Waals surface area contributed by atoms with E-state index in [-0.39, 0.29) is 6.10 Å². The van der Waals surface area contributed by atoms with Gasteiger partial charge in [0.2, 0.25) is 0 Å². The fourth-order valence-electron chi connectivity index (χ4n) is 2.70. The summed E-state index contributed by atoms with van der Waals surface area (Å²) in [6, 6.07) is 6.27. The SMILES string of the molecule is COC1CCCC(O)(c2ccc(C)c(C)c2)C1. The van der Waals surface area contributed by atoms with E-state index in [4.69, 9.17) is 4.74 Å². The maximum Gasteiger partial charge on any atom is 0.0921 e. The van der Waals surface area contributed by atoms with Crippen LogP contribution in [0.2, 0.25) is 0 Å². The molecule has 1 aromatic rings. The second-order valence-electron chi connectivity index (χ2n) is 5.28. The van der Waals surface area contributed by atoms with Gasteiger partial charge in [-0.05, 0) is 49.8 Å². The Morgan fingerprint density at radius 1 is 1.29 bits per heavy atom. The quantitative estimate of drug-likeness (QED) is 0.852. The molecule has 1 saturated carbocycles. The van der Waals surface area contributed by atoms with Crippen LogP contribution in [0.1, 0.15) is 42.4 Å². The number of rotatable bonds is 2. The molecule has 2 rings (SSSR count). The van der Waals surface area contributed by atoms with Crippen molar-refractivity contribution in [2.24, 2.45) is 0 Å². The van der Waals surface area contributed by atoms with E-state index >= 15 is 0 Å². The predicted octanol–water partition coefficient (Wildman–Crippen LogP) is 3.08. The smallest absolute Gasteiger partial charge is 0.0921 e. The van der Waals surface area contributed by atoms with Gasteiger partial charge >= 0.3 is 0 Å². The van der Waals surface area contributed by atoms with E-state index in [2.05, 4.69) is 32.0 Å². The van der Waals surface area contributed by atoms with Crippen LogP contribution in [0.15, 0.2) is 18.2 Å². The van der Waals surface area contributed by atoms with Gasteiger partial charge in [0.25, 0.3) is 0 Å². The molecule has 2 atom stereocenters. The molecule has 0 bridgehead atoms. The van der Waals surface area contributed by atoms with Crippen LogP contribution in [-0.2, 0) is 10.3 Å². The summed E-state index contributed by atoms with van der Waals surface area (Å²) in [4.78, 5) is 0. The highest BCUT2D eigenvalue weighted by molar-refractivity contribution is 5.33. The summed E-state index contributed by atoms with van der Waals surface area (Å²) < 4.78 is 5.40. The lowest BCUT2D eigenvalue weighted by molar-refractivity contribution is -0.0632. The number of methoxy groups -OCH3 is 1. The van der Waals surface area contributed by atoms with Crippen molar-refractivity contribution in [3.8, 4) is 0 Å². The zero-order valence-corrected chi connectivity index (χ0v) is 11.0. The minimum Gasteiger partial charge on any atom is -0.385 e. The summed E-state index contributed by atoms with van der Waals surface area (Å²) in [6.07, 6.45) is 3.84. The molecule has 1 aliphatic carbocycles. The highest BCUT2D eigenvalue weighted by Gasteiger charge is 2.36. The van der Waals surface area contributed by atoms with E-state index in [9.17, 15) is 5.11 Å². The van der Waals surface area contributed by atoms with Gasteiger partial charge in [0.05, 0.1) is 11.7 Å². The van der Waals surface area contributed by atoms with Gasteiger partial charge in [-0.15, -0.1) is 0 Å². The molecular weight excluding hydrogens is 212 g/mol. The van der Waals surface area contributed by atoms with Crippen LogP contribution in [0.3, 0.4) is 0 Å². The van der Waals surface area contributed by atoms with Crippen LogP contribution in [0, 0.1) is 13.8 Å². The van der Waals surface area contributed by atoms with Crippen molar-refractivity contribution in [3.05, 3.63) is 34.9 Å². The first-order valence-electron chi connectivity index (χ1n) is 6.38. The highest BCUT2D eigenvalue weighted by Crippen LogP contribution is 2.38. The highest BCUT2D eigenvalue weighted by atomic mass is 16.5. The predicted molar refractivity (Wildman–Crippen MR) is 69.1 cm³/mol. The molecule has 1 fully saturated rings. The van der Waals surface area contributed by atoms with E-state index in [1.54, 1.807) is 7.11 Å². The molecule has 1 aliphatic rings. The molecule has 94 valence electrons. The minimum absolute atomic E-state index is 0.190. The first kappa shape index (κ1) is 12.6. The van der Waals surface area contributed by atoms with Gasteiger partial charge in [0, 0.05) is 13.5 Å². The Bertz CT molecular complexity index is 400. The lowest BCUT2D eigenvalue weighted by atomic mass is 9.77. The Balaban J connectivity index is 2.27. The van der Waals surface area contributed by atoms with E-state index < -0.39 is 5.60 Å². The fourth-order valence-corrected chi connectivity index (χ4v) is 2.70. The lowest BCUT2D eigenvalue weighted by Gasteiger charge is -2.36. The van der Waals surface area contributed by atoms with Gasteiger partial charge in [-0.25, -0.2) is 0 Å². The first-order chi connectivity index (χ1) is 8.05. The second-order valence-corrected chi connectivity index (χ2v) is 5.28. The molecule has 2 heteroatoms. The Hall–Kier alpha value is -0.860. The fraction of sp³-hybridized carbons (Fsp3) is 0.600. The zero-order chi connectivity index (χ0) is 12.5. The normalized spacial score (nSPS) is 29.3. The standard InChI is InChI=1S/C15H22O2/c1-11-6-7-13(9-12(11)2)15(16)8-4-5-14(10-15)17-3/h6-7,9,14,16H,4-5,8,10H2,1-3H3. The maximum atomic E-state index is 10.8. The third-order valence-corrected chi connectivity index (χ3v) is 4.06. The van der Waals surface area contributed by atoms with Gasteiger partial charge in [0.15, 0.2) is 0 Å². The van der Waals surface area contributed by atoms with Crippen LogP contribution in [0.4, 0.5) is 0 Å². The van der Waals surface area contributed by atoms with Crippen LogP contribution in [0.5, 0.6) is 0 Å². The molecule has 2 nitrogen and oxygen atoms in total. The molecule has 2 unspecified atom stereocenters. The molecule has 1 aromatic carbocycles. The van der Waals surface area contributed by atoms with E-state index in [0.29, 0.717) is 6.42 Å². The van der Waals surface area contributed by atoms with Crippen LogP contribution in [0.25, 0.3) is 0 Å². The molecule has 0 saturated heterocycles. The molecule has 0 heterocycles. The summed E-state index contributed by atoms with van der Waals surface area (Å²) in [7, 11) is 1.73. The second kappa shape index (κ2) is 4.79. The number of hydrogen-bond acceptors (Lipinski definition) is 2. The summed E-state index contributed by atoms with van der Waals surface area (Å²) in [6.45, 7) is 4.20. The van der Waals surface area contributed by atoms with Crippen LogP contribution in [-0.4, -0.2) is 18.3 Å². The number of benzene rings is 1.